The first kappa shape index (κ1) is 10.2. The van der Waals surface area contributed by atoms with E-state index in [-0.39, 0.29) is 5.97 Å². The van der Waals surface area contributed by atoms with Crippen LogP contribution in [0.4, 0.5) is 0 Å². The van der Waals surface area contributed by atoms with Crippen molar-refractivity contribution in [2.24, 2.45) is 0 Å². The van der Waals surface area contributed by atoms with Gasteiger partial charge >= 0.3 is 5.97 Å². The minimum Gasteiger partial charge on any atom is -0.467 e. The molecule has 13 heavy (non-hydrogen) atoms. The second-order valence-corrected chi connectivity index (χ2v) is 3.61. The van der Waals surface area contributed by atoms with Crippen molar-refractivity contribution in [2.45, 2.75) is 24.8 Å². The Balaban J connectivity index is 2.81. The Kier molecular flexibility index (Phi) is 3.03. The molecule has 1 aliphatic rings. The third kappa shape index (κ3) is 1.88. The molecule has 0 radical (unpaired) electrons. The molecule has 4 heteroatoms. The minimum atomic E-state index is -0.645. The van der Waals surface area contributed by atoms with Crippen LogP contribution in [0.25, 0.3) is 0 Å². The molecular formula is C9H13NO2S. The van der Waals surface area contributed by atoms with Crippen LogP contribution in [0.2, 0.25) is 0 Å². The third-order valence-electron chi connectivity index (χ3n) is 2.23. The summed E-state index contributed by atoms with van der Waals surface area (Å²) in [6, 6.07) is 0. The van der Waals surface area contributed by atoms with E-state index in [0.717, 1.165) is 11.4 Å². The van der Waals surface area contributed by atoms with Crippen molar-refractivity contribution < 1.29 is 9.53 Å². The molecule has 0 spiro atoms. The fourth-order valence-corrected chi connectivity index (χ4v) is 1.85. The highest BCUT2D eigenvalue weighted by atomic mass is 32.1. The zero-order valence-corrected chi connectivity index (χ0v) is 8.45. The molecule has 0 bridgehead atoms. The zero-order valence-electron chi connectivity index (χ0n) is 7.63. The van der Waals surface area contributed by atoms with Gasteiger partial charge in [0, 0.05) is 6.42 Å². The minimum absolute atomic E-state index is 0.257. The van der Waals surface area contributed by atoms with Crippen molar-refractivity contribution in [2.75, 3.05) is 7.11 Å². The molecule has 0 aromatic rings. The lowest BCUT2D eigenvalue weighted by molar-refractivity contribution is -0.147. The Morgan fingerprint density at radius 1 is 1.92 bits per heavy atom. The summed E-state index contributed by atoms with van der Waals surface area (Å²) >= 11 is 5.00. The van der Waals surface area contributed by atoms with Gasteiger partial charge in [0.1, 0.15) is 5.54 Å². The van der Waals surface area contributed by atoms with Crippen LogP contribution in [-0.2, 0) is 9.53 Å². The zero-order chi connectivity index (χ0) is 9.90. The van der Waals surface area contributed by atoms with Crippen LogP contribution in [0.15, 0.2) is 12.7 Å². The van der Waals surface area contributed by atoms with E-state index < -0.39 is 5.54 Å². The summed E-state index contributed by atoms with van der Waals surface area (Å²) in [5.74, 6) is -0.257. The van der Waals surface area contributed by atoms with Gasteiger partial charge in [-0.2, -0.15) is 0 Å². The number of hydrogen-bond donors (Lipinski definition) is 1. The van der Waals surface area contributed by atoms with Crippen LogP contribution in [0, 0.1) is 0 Å². The van der Waals surface area contributed by atoms with Gasteiger partial charge in [-0.05, 0) is 12.8 Å². The summed E-state index contributed by atoms with van der Waals surface area (Å²) in [4.78, 5) is 12.2. The molecule has 72 valence electrons. The molecule has 1 rings (SSSR count). The van der Waals surface area contributed by atoms with Gasteiger partial charge in [-0.15, -0.1) is 6.58 Å². The predicted molar refractivity (Wildman–Crippen MR) is 54.5 cm³/mol. The van der Waals surface area contributed by atoms with Crippen molar-refractivity contribution in [1.82, 2.24) is 5.32 Å². The van der Waals surface area contributed by atoms with E-state index in [1.54, 1.807) is 6.08 Å². The summed E-state index contributed by atoms with van der Waals surface area (Å²) < 4.78 is 4.73. The highest BCUT2D eigenvalue weighted by Gasteiger charge is 2.42. The second-order valence-electron chi connectivity index (χ2n) is 3.11. The normalized spacial score (nSPS) is 26.7. The van der Waals surface area contributed by atoms with Crippen LogP contribution in [0.1, 0.15) is 19.3 Å². The number of carbonyl (C=O) groups is 1. The molecule has 1 N–H and O–H groups in total. The Hall–Kier alpha value is -0.900. The summed E-state index contributed by atoms with van der Waals surface area (Å²) in [6.07, 6.45) is 3.71. The van der Waals surface area contributed by atoms with E-state index in [9.17, 15) is 4.79 Å². The topological polar surface area (TPSA) is 38.3 Å². The first-order chi connectivity index (χ1) is 6.14. The molecule has 0 aromatic heterocycles. The van der Waals surface area contributed by atoms with Gasteiger partial charge in [-0.1, -0.05) is 18.3 Å². The molecule has 3 nitrogen and oxygen atoms in total. The average molecular weight is 199 g/mol. The lowest BCUT2D eigenvalue weighted by atomic mass is 9.93. The number of hydrogen-bond acceptors (Lipinski definition) is 3. The largest absolute Gasteiger partial charge is 0.467 e. The highest BCUT2D eigenvalue weighted by molar-refractivity contribution is 7.80. The van der Waals surface area contributed by atoms with E-state index in [0.29, 0.717) is 12.8 Å². The molecule has 1 heterocycles. The van der Waals surface area contributed by atoms with Gasteiger partial charge in [0.15, 0.2) is 0 Å². The monoisotopic (exact) mass is 199 g/mol. The smallest absolute Gasteiger partial charge is 0.331 e. The molecule has 0 aliphatic carbocycles. The van der Waals surface area contributed by atoms with Crippen LogP contribution >= 0.6 is 12.2 Å². The van der Waals surface area contributed by atoms with E-state index in [2.05, 4.69) is 11.9 Å². The lowest BCUT2D eigenvalue weighted by Crippen LogP contribution is -2.48. The lowest BCUT2D eigenvalue weighted by Gasteiger charge is -2.24. The predicted octanol–water partition coefficient (Wildman–Crippen LogP) is 1.19. The van der Waals surface area contributed by atoms with Crippen molar-refractivity contribution in [3.05, 3.63) is 12.7 Å². The summed E-state index contributed by atoms with van der Waals surface area (Å²) in [5.41, 5.74) is -0.645. The number of ether oxygens (including phenoxy) is 1. The summed E-state index contributed by atoms with van der Waals surface area (Å²) in [6.45, 7) is 3.62. The molecule has 1 fully saturated rings. The Morgan fingerprint density at radius 2 is 2.62 bits per heavy atom. The number of methoxy groups -OCH3 is 1. The van der Waals surface area contributed by atoms with Crippen LogP contribution in [0.3, 0.4) is 0 Å². The number of esters is 1. The molecular weight excluding hydrogens is 186 g/mol. The molecule has 0 unspecified atom stereocenters. The van der Waals surface area contributed by atoms with E-state index in [4.69, 9.17) is 17.0 Å². The molecule has 0 saturated carbocycles. The number of rotatable bonds is 3. The van der Waals surface area contributed by atoms with Crippen molar-refractivity contribution >= 4 is 23.2 Å². The second kappa shape index (κ2) is 3.87. The Labute approximate surface area is 83.1 Å². The number of nitrogens with one attached hydrogen (secondary N) is 1. The van der Waals surface area contributed by atoms with Gasteiger partial charge in [-0.25, -0.2) is 4.79 Å². The van der Waals surface area contributed by atoms with Crippen molar-refractivity contribution in [3.8, 4) is 0 Å². The first-order valence-corrected chi connectivity index (χ1v) is 4.56. The maximum Gasteiger partial charge on any atom is 0.331 e. The summed E-state index contributed by atoms with van der Waals surface area (Å²) in [5, 5.41) is 3.00. The van der Waals surface area contributed by atoms with Crippen LogP contribution in [0.5, 0.6) is 0 Å². The molecule has 1 saturated heterocycles. The number of carbonyl (C=O) groups excluding carboxylic acids is 1. The van der Waals surface area contributed by atoms with Crippen molar-refractivity contribution in [3.63, 3.8) is 0 Å². The fraction of sp³-hybridized carbons (Fsp3) is 0.556. The van der Waals surface area contributed by atoms with Gasteiger partial charge in [0.2, 0.25) is 0 Å². The van der Waals surface area contributed by atoms with Crippen molar-refractivity contribution in [1.29, 1.82) is 0 Å². The first-order valence-electron chi connectivity index (χ1n) is 4.15. The van der Waals surface area contributed by atoms with Gasteiger partial charge < -0.3 is 10.1 Å². The maximum atomic E-state index is 11.5. The molecule has 1 atom stereocenters. The SMILES string of the molecule is C=CC[C@@]1(C(=O)OC)CCC(=S)N1. The standard InChI is InChI=1S/C9H13NO2S/c1-3-5-9(8(11)12-2)6-4-7(13)10-9/h3H,1,4-6H2,2H3,(H,10,13)/t9-/m0/s1. The molecule has 0 aromatic carbocycles. The van der Waals surface area contributed by atoms with Gasteiger partial charge in [0.05, 0.1) is 12.1 Å². The quantitative estimate of drug-likeness (QED) is 0.421. The molecule has 1 aliphatic heterocycles. The maximum absolute atomic E-state index is 11.5. The Bertz CT molecular complexity index is 252. The van der Waals surface area contributed by atoms with Crippen LogP contribution < -0.4 is 5.32 Å². The highest BCUT2D eigenvalue weighted by Crippen LogP contribution is 2.26. The van der Waals surface area contributed by atoms with Gasteiger partial charge in [0.25, 0.3) is 0 Å². The van der Waals surface area contributed by atoms with Gasteiger partial charge in [-0.3, -0.25) is 0 Å². The fourth-order valence-electron chi connectivity index (χ4n) is 1.55. The molecule has 0 amide bonds. The van der Waals surface area contributed by atoms with E-state index in [1.807, 2.05) is 0 Å². The number of thiocarbonyl (C=S) groups is 1. The third-order valence-corrected chi connectivity index (χ3v) is 2.53. The van der Waals surface area contributed by atoms with Crippen LogP contribution in [-0.4, -0.2) is 23.6 Å². The summed E-state index contributed by atoms with van der Waals surface area (Å²) in [7, 11) is 1.39. The Morgan fingerprint density at radius 3 is 3.00 bits per heavy atom. The van der Waals surface area contributed by atoms with E-state index in [1.165, 1.54) is 7.11 Å². The van der Waals surface area contributed by atoms with E-state index >= 15 is 0 Å². The average Bonchev–Trinajstić information content (AvgIpc) is 2.48.